The van der Waals surface area contributed by atoms with Crippen LogP contribution in [0, 0.1) is 5.82 Å². The van der Waals surface area contributed by atoms with Crippen molar-refractivity contribution in [3.63, 3.8) is 0 Å². The number of hydrogen-bond acceptors (Lipinski definition) is 2. The number of nitrogens with two attached hydrogens (primary N) is 1. The fourth-order valence-electron chi connectivity index (χ4n) is 1.44. The Morgan fingerprint density at radius 1 is 1.35 bits per heavy atom. The van der Waals surface area contributed by atoms with Crippen molar-refractivity contribution in [1.82, 2.24) is 5.43 Å². The zero-order valence-corrected chi connectivity index (χ0v) is 10.3. The van der Waals surface area contributed by atoms with Crippen molar-refractivity contribution in [2.24, 2.45) is 5.84 Å². The second-order valence-electron chi connectivity index (χ2n) is 3.60. The summed E-state index contributed by atoms with van der Waals surface area (Å²) in [5.74, 6) is 4.55. The van der Waals surface area contributed by atoms with Gasteiger partial charge in [0.1, 0.15) is 5.82 Å². The summed E-state index contributed by atoms with van der Waals surface area (Å²) in [7, 11) is 0. The Morgan fingerprint density at radius 3 is 2.53 bits per heavy atom. The van der Waals surface area contributed by atoms with Crippen LogP contribution in [0.25, 0.3) is 0 Å². The number of benzene rings is 1. The average molecular weight is 315 g/mol. The maximum atomic E-state index is 13.2. The molecule has 0 heterocycles. The first-order valence-electron chi connectivity index (χ1n) is 4.79. The zero-order chi connectivity index (χ0) is 13.1. The van der Waals surface area contributed by atoms with Crippen molar-refractivity contribution in [3.8, 4) is 0 Å². The fraction of sp³-hybridized carbons (Fsp3) is 0.400. The van der Waals surface area contributed by atoms with E-state index in [1.807, 2.05) is 0 Å². The molecule has 1 atom stereocenters. The summed E-state index contributed by atoms with van der Waals surface area (Å²) < 4.78 is 49.9. The Balaban J connectivity index is 2.77. The summed E-state index contributed by atoms with van der Waals surface area (Å²) in [5, 5.41) is 0. The number of hydrazine groups is 1. The molecule has 0 radical (unpaired) electrons. The highest BCUT2D eigenvalue weighted by atomic mass is 79.9. The summed E-state index contributed by atoms with van der Waals surface area (Å²) in [6.45, 7) is 0. The normalized spacial score (nSPS) is 13.8. The lowest BCUT2D eigenvalue weighted by Crippen LogP contribution is -2.40. The van der Waals surface area contributed by atoms with Gasteiger partial charge in [-0.25, -0.2) is 4.39 Å². The van der Waals surface area contributed by atoms with Gasteiger partial charge < -0.3 is 0 Å². The Bertz CT molecular complexity index is 381. The minimum Gasteiger partial charge on any atom is -0.271 e. The predicted molar refractivity (Wildman–Crippen MR) is 59.6 cm³/mol. The molecule has 0 aliphatic heterocycles. The lowest BCUT2D eigenvalue weighted by Gasteiger charge is -2.18. The van der Waals surface area contributed by atoms with Crippen LogP contribution in [0.15, 0.2) is 22.7 Å². The molecule has 0 fully saturated rings. The number of nitrogens with one attached hydrogen (secondary N) is 1. The second kappa shape index (κ2) is 5.79. The molecule has 1 aromatic rings. The molecule has 0 amide bonds. The van der Waals surface area contributed by atoms with Crippen LogP contribution in [0.3, 0.4) is 0 Å². The molecule has 0 bridgehead atoms. The van der Waals surface area contributed by atoms with E-state index in [1.54, 1.807) is 6.07 Å². The van der Waals surface area contributed by atoms with Crippen molar-refractivity contribution >= 4 is 15.9 Å². The number of rotatable bonds is 4. The summed E-state index contributed by atoms with van der Waals surface area (Å²) in [4.78, 5) is 0. The van der Waals surface area contributed by atoms with Crippen LogP contribution in [-0.4, -0.2) is 12.2 Å². The van der Waals surface area contributed by atoms with Gasteiger partial charge in [-0.15, -0.1) is 0 Å². The molecule has 0 aliphatic carbocycles. The first-order valence-corrected chi connectivity index (χ1v) is 5.58. The van der Waals surface area contributed by atoms with Gasteiger partial charge in [0, 0.05) is 6.04 Å². The highest BCUT2D eigenvalue weighted by Crippen LogP contribution is 2.26. The first kappa shape index (κ1) is 14.4. The molecule has 0 aromatic heterocycles. The van der Waals surface area contributed by atoms with Crippen LogP contribution < -0.4 is 11.3 Å². The predicted octanol–water partition coefficient (Wildman–Crippen LogP) is 2.92. The molecule has 3 N–H and O–H groups in total. The molecule has 1 unspecified atom stereocenters. The van der Waals surface area contributed by atoms with E-state index >= 15 is 0 Å². The molecule has 17 heavy (non-hydrogen) atoms. The third-order valence-electron chi connectivity index (χ3n) is 2.21. The number of hydrogen-bond donors (Lipinski definition) is 2. The molecule has 2 nitrogen and oxygen atoms in total. The van der Waals surface area contributed by atoms with Gasteiger partial charge >= 0.3 is 6.18 Å². The topological polar surface area (TPSA) is 38.0 Å². The Labute approximate surface area is 104 Å². The van der Waals surface area contributed by atoms with Gasteiger partial charge in [-0.2, -0.15) is 13.2 Å². The highest BCUT2D eigenvalue weighted by Gasteiger charge is 2.31. The van der Waals surface area contributed by atoms with E-state index in [4.69, 9.17) is 5.84 Å². The molecule has 1 rings (SSSR count). The largest absolute Gasteiger partial charge is 0.390 e. The van der Waals surface area contributed by atoms with Crippen LogP contribution in [-0.2, 0) is 6.42 Å². The average Bonchev–Trinajstić information content (AvgIpc) is 2.21. The van der Waals surface area contributed by atoms with E-state index in [0.717, 1.165) is 0 Å². The zero-order valence-electron chi connectivity index (χ0n) is 8.69. The van der Waals surface area contributed by atoms with Gasteiger partial charge in [0.05, 0.1) is 10.9 Å². The summed E-state index contributed by atoms with van der Waals surface area (Å²) in [5.41, 5.74) is 2.53. The van der Waals surface area contributed by atoms with Crippen LogP contribution in [0.1, 0.15) is 12.0 Å². The van der Waals surface area contributed by atoms with Crippen molar-refractivity contribution < 1.29 is 17.6 Å². The van der Waals surface area contributed by atoms with Gasteiger partial charge in [0.2, 0.25) is 0 Å². The van der Waals surface area contributed by atoms with Crippen molar-refractivity contribution in [2.75, 3.05) is 0 Å². The fourth-order valence-corrected chi connectivity index (χ4v) is 1.87. The van der Waals surface area contributed by atoms with Crippen LogP contribution in [0.5, 0.6) is 0 Å². The molecule has 0 aliphatic rings. The molecule has 0 saturated carbocycles. The monoisotopic (exact) mass is 314 g/mol. The second-order valence-corrected chi connectivity index (χ2v) is 4.39. The number of alkyl halides is 3. The number of halogens is 5. The molecular formula is C10H11BrF4N2. The van der Waals surface area contributed by atoms with Crippen LogP contribution in [0.4, 0.5) is 17.6 Å². The van der Waals surface area contributed by atoms with Gasteiger partial charge in [-0.1, -0.05) is 12.1 Å². The standard InChI is InChI=1S/C10H11BrF4N2/c11-9-6(2-1-3-8(9)12)4-7(17-16)5-10(13,14)15/h1-3,7,17H,4-5,16H2. The lowest BCUT2D eigenvalue weighted by atomic mass is 10.0. The first-order chi connectivity index (χ1) is 7.83. The van der Waals surface area contributed by atoms with E-state index in [2.05, 4.69) is 21.4 Å². The Morgan fingerprint density at radius 2 is 2.00 bits per heavy atom. The van der Waals surface area contributed by atoms with E-state index in [1.165, 1.54) is 12.1 Å². The van der Waals surface area contributed by atoms with Gasteiger partial charge in [-0.3, -0.25) is 11.3 Å². The Kier molecular flexibility index (Phi) is 4.91. The summed E-state index contributed by atoms with van der Waals surface area (Å²) >= 11 is 2.99. The SMILES string of the molecule is NNC(Cc1cccc(F)c1Br)CC(F)(F)F. The minimum atomic E-state index is -4.31. The quantitative estimate of drug-likeness (QED) is 0.509. The van der Waals surface area contributed by atoms with Crippen molar-refractivity contribution in [1.29, 1.82) is 0 Å². The third kappa shape index (κ3) is 4.61. The molecular weight excluding hydrogens is 304 g/mol. The van der Waals surface area contributed by atoms with Crippen LogP contribution >= 0.6 is 15.9 Å². The maximum absolute atomic E-state index is 13.2. The molecule has 1 aromatic carbocycles. The van der Waals surface area contributed by atoms with Gasteiger partial charge in [-0.05, 0) is 34.0 Å². The Hall–Kier alpha value is -0.660. The molecule has 96 valence electrons. The van der Waals surface area contributed by atoms with Crippen LogP contribution in [0.2, 0.25) is 0 Å². The van der Waals surface area contributed by atoms with Crippen molar-refractivity contribution in [3.05, 3.63) is 34.1 Å². The molecule has 0 saturated heterocycles. The minimum absolute atomic E-state index is 0.00560. The smallest absolute Gasteiger partial charge is 0.271 e. The van der Waals surface area contributed by atoms with Gasteiger partial charge in [0.25, 0.3) is 0 Å². The molecule has 0 spiro atoms. The highest BCUT2D eigenvalue weighted by molar-refractivity contribution is 9.10. The lowest BCUT2D eigenvalue weighted by molar-refractivity contribution is -0.140. The maximum Gasteiger partial charge on any atom is 0.390 e. The van der Waals surface area contributed by atoms with E-state index < -0.39 is 24.5 Å². The van der Waals surface area contributed by atoms with Gasteiger partial charge in [0.15, 0.2) is 0 Å². The van der Waals surface area contributed by atoms with E-state index in [9.17, 15) is 17.6 Å². The molecule has 7 heteroatoms. The van der Waals surface area contributed by atoms with E-state index in [0.29, 0.717) is 5.56 Å². The summed E-state index contributed by atoms with van der Waals surface area (Å²) in [6.07, 6.45) is -5.38. The third-order valence-corrected chi connectivity index (χ3v) is 3.10. The van der Waals surface area contributed by atoms with E-state index in [-0.39, 0.29) is 10.9 Å². The summed E-state index contributed by atoms with van der Waals surface area (Å²) in [6, 6.07) is 3.24. The van der Waals surface area contributed by atoms with Crippen molar-refractivity contribution in [2.45, 2.75) is 25.1 Å².